The molecule has 6 nitrogen and oxygen atoms in total. The zero-order valence-corrected chi connectivity index (χ0v) is 13.0. The SMILES string of the molecule is CCNCCn1cc(S(=O)(=O)NC2(C)CCCC2)cn1. The van der Waals surface area contributed by atoms with Gasteiger partial charge in [-0.2, -0.15) is 5.10 Å². The van der Waals surface area contributed by atoms with E-state index in [9.17, 15) is 8.42 Å². The first kappa shape index (κ1) is 15.5. The maximum Gasteiger partial charge on any atom is 0.244 e. The van der Waals surface area contributed by atoms with E-state index in [1.165, 1.54) is 6.20 Å². The second-order valence-corrected chi connectivity index (χ2v) is 7.35. The smallest absolute Gasteiger partial charge is 0.244 e. The maximum atomic E-state index is 12.4. The van der Waals surface area contributed by atoms with E-state index >= 15 is 0 Å². The van der Waals surface area contributed by atoms with Gasteiger partial charge in [0.2, 0.25) is 10.0 Å². The van der Waals surface area contributed by atoms with Crippen LogP contribution in [0.5, 0.6) is 0 Å². The molecule has 0 amide bonds. The van der Waals surface area contributed by atoms with E-state index < -0.39 is 10.0 Å². The van der Waals surface area contributed by atoms with Gasteiger partial charge in [0.15, 0.2) is 0 Å². The van der Waals surface area contributed by atoms with Crippen LogP contribution in [0.2, 0.25) is 0 Å². The molecular weight excluding hydrogens is 276 g/mol. The number of likely N-dealkylation sites (N-methyl/N-ethyl adjacent to an activating group) is 1. The lowest BCUT2D eigenvalue weighted by molar-refractivity contribution is 0.427. The van der Waals surface area contributed by atoms with E-state index in [4.69, 9.17) is 0 Å². The number of hydrogen-bond acceptors (Lipinski definition) is 4. The summed E-state index contributed by atoms with van der Waals surface area (Å²) in [4.78, 5) is 0.252. The van der Waals surface area contributed by atoms with Gasteiger partial charge in [0.05, 0.1) is 12.7 Å². The highest BCUT2D eigenvalue weighted by molar-refractivity contribution is 7.89. The van der Waals surface area contributed by atoms with Gasteiger partial charge in [-0.05, 0) is 26.3 Å². The summed E-state index contributed by atoms with van der Waals surface area (Å²) in [5.41, 5.74) is -0.301. The van der Waals surface area contributed by atoms with Crippen LogP contribution in [0.4, 0.5) is 0 Å². The Kier molecular flexibility index (Phi) is 4.82. The Morgan fingerprint density at radius 2 is 2.10 bits per heavy atom. The van der Waals surface area contributed by atoms with Crippen molar-refractivity contribution >= 4 is 10.0 Å². The summed E-state index contributed by atoms with van der Waals surface area (Å²) >= 11 is 0. The number of hydrogen-bond donors (Lipinski definition) is 2. The third kappa shape index (κ3) is 3.80. The average Bonchev–Trinajstić information content (AvgIpc) is 2.98. The predicted molar refractivity (Wildman–Crippen MR) is 78.0 cm³/mol. The molecule has 1 aromatic heterocycles. The monoisotopic (exact) mass is 300 g/mol. The molecule has 1 saturated carbocycles. The molecule has 7 heteroatoms. The average molecular weight is 300 g/mol. The fourth-order valence-corrected chi connectivity index (χ4v) is 4.03. The lowest BCUT2D eigenvalue weighted by Gasteiger charge is -2.24. The second kappa shape index (κ2) is 6.24. The first-order valence-corrected chi connectivity index (χ1v) is 8.71. The van der Waals surface area contributed by atoms with Crippen LogP contribution in [0.15, 0.2) is 17.3 Å². The van der Waals surface area contributed by atoms with E-state index in [0.717, 1.165) is 38.8 Å². The van der Waals surface area contributed by atoms with Crippen LogP contribution in [0.1, 0.15) is 39.5 Å². The number of aromatic nitrogens is 2. The molecule has 114 valence electrons. The van der Waals surface area contributed by atoms with Gasteiger partial charge in [0.1, 0.15) is 4.90 Å². The summed E-state index contributed by atoms with van der Waals surface area (Å²) in [5.74, 6) is 0. The predicted octanol–water partition coefficient (Wildman–Crippen LogP) is 1.10. The van der Waals surface area contributed by atoms with E-state index in [2.05, 4.69) is 15.1 Å². The molecule has 0 aromatic carbocycles. The molecule has 1 aromatic rings. The van der Waals surface area contributed by atoms with Crippen molar-refractivity contribution in [1.29, 1.82) is 0 Å². The van der Waals surface area contributed by atoms with Crippen molar-refractivity contribution in [3.8, 4) is 0 Å². The Hall–Kier alpha value is -0.920. The highest BCUT2D eigenvalue weighted by Gasteiger charge is 2.33. The molecule has 2 rings (SSSR count). The molecule has 0 atom stereocenters. The number of nitrogens with one attached hydrogen (secondary N) is 2. The highest BCUT2D eigenvalue weighted by Crippen LogP contribution is 2.30. The van der Waals surface area contributed by atoms with Crippen LogP contribution in [-0.4, -0.2) is 36.8 Å². The van der Waals surface area contributed by atoms with Crippen molar-refractivity contribution < 1.29 is 8.42 Å². The quantitative estimate of drug-likeness (QED) is 0.740. The van der Waals surface area contributed by atoms with E-state index in [1.807, 2.05) is 13.8 Å². The fourth-order valence-electron chi connectivity index (χ4n) is 2.62. The minimum atomic E-state index is -3.47. The highest BCUT2D eigenvalue weighted by atomic mass is 32.2. The van der Waals surface area contributed by atoms with E-state index in [0.29, 0.717) is 6.54 Å². The Bertz CT molecular complexity index is 532. The van der Waals surface area contributed by atoms with Gasteiger partial charge >= 0.3 is 0 Å². The molecule has 2 N–H and O–H groups in total. The molecule has 1 aliphatic rings. The molecule has 1 aliphatic carbocycles. The van der Waals surface area contributed by atoms with Crippen molar-refractivity contribution in [1.82, 2.24) is 19.8 Å². The van der Waals surface area contributed by atoms with E-state index in [-0.39, 0.29) is 10.4 Å². The van der Waals surface area contributed by atoms with Gasteiger partial charge < -0.3 is 5.32 Å². The summed E-state index contributed by atoms with van der Waals surface area (Å²) < 4.78 is 29.2. The molecule has 0 saturated heterocycles. The Morgan fingerprint density at radius 1 is 1.40 bits per heavy atom. The van der Waals surface area contributed by atoms with Crippen LogP contribution in [0.3, 0.4) is 0 Å². The van der Waals surface area contributed by atoms with E-state index in [1.54, 1.807) is 10.9 Å². The van der Waals surface area contributed by atoms with Crippen molar-refractivity contribution in [2.45, 2.75) is 56.5 Å². The number of sulfonamides is 1. The third-order valence-electron chi connectivity index (χ3n) is 3.78. The lowest BCUT2D eigenvalue weighted by atomic mass is 10.0. The first-order chi connectivity index (χ1) is 9.45. The van der Waals surface area contributed by atoms with Crippen molar-refractivity contribution in [3.05, 3.63) is 12.4 Å². The van der Waals surface area contributed by atoms with Gasteiger partial charge in [-0.3, -0.25) is 4.68 Å². The van der Waals surface area contributed by atoms with Crippen molar-refractivity contribution in [3.63, 3.8) is 0 Å². The van der Waals surface area contributed by atoms with Gasteiger partial charge in [0, 0.05) is 18.3 Å². The summed E-state index contributed by atoms with van der Waals surface area (Å²) in [6.45, 7) is 6.36. The zero-order chi connectivity index (χ0) is 14.6. The zero-order valence-electron chi connectivity index (χ0n) is 12.2. The minimum absolute atomic E-state index is 0.252. The number of rotatable bonds is 7. The first-order valence-electron chi connectivity index (χ1n) is 7.22. The van der Waals surface area contributed by atoms with Gasteiger partial charge in [-0.1, -0.05) is 19.8 Å². The van der Waals surface area contributed by atoms with Gasteiger partial charge in [-0.25, -0.2) is 13.1 Å². The summed E-state index contributed by atoms with van der Waals surface area (Å²) in [6.07, 6.45) is 6.99. The standard InChI is InChI=1S/C13H24N4O2S/c1-3-14-8-9-17-11-12(10-15-17)20(18,19)16-13(2)6-4-5-7-13/h10-11,14,16H,3-9H2,1-2H3. The molecule has 0 spiro atoms. The normalized spacial score (nSPS) is 18.5. The van der Waals surface area contributed by atoms with Gasteiger partial charge in [-0.15, -0.1) is 0 Å². The van der Waals surface area contributed by atoms with Crippen LogP contribution in [0, 0.1) is 0 Å². The molecule has 20 heavy (non-hydrogen) atoms. The van der Waals surface area contributed by atoms with Crippen LogP contribution >= 0.6 is 0 Å². The van der Waals surface area contributed by atoms with Crippen LogP contribution < -0.4 is 10.0 Å². The molecular formula is C13H24N4O2S. The summed E-state index contributed by atoms with van der Waals surface area (Å²) in [7, 11) is -3.47. The Labute approximate surface area is 121 Å². The maximum absolute atomic E-state index is 12.4. The van der Waals surface area contributed by atoms with Crippen LogP contribution in [-0.2, 0) is 16.6 Å². The molecule has 1 heterocycles. The molecule has 0 aliphatic heterocycles. The van der Waals surface area contributed by atoms with Gasteiger partial charge in [0.25, 0.3) is 0 Å². The summed E-state index contributed by atoms with van der Waals surface area (Å²) in [5, 5.41) is 7.29. The van der Waals surface area contributed by atoms with Crippen molar-refractivity contribution in [2.24, 2.45) is 0 Å². The topological polar surface area (TPSA) is 76.0 Å². The minimum Gasteiger partial charge on any atom is -0.315 e. The third-order valence-corrected chi connectivity index (χ3v) is 5.37. The molecule has 0 radical (unpaired) electrons. The Balaban J connectivity index is 2.02. The number of nitrogens with zero attached hydrogens (tertiary/aromatic N) is 2. The molecule has 0 unspecified atom stereocenters. The fraction of sp³-hybridized carbons (Fsp3) is 0.769. The van der Waals surface area contributed by atoms with Crippen LogP contribution in [0.25, 0.3) is 0 Å². The largest absolute Gasteiger partial charge is 0.315 e. The lowest BCUT2D eigenvalue weighted by Crippen LogP contribution is -2.43. The second-order valence-electron chi connectivity index (χ2n) is 5.67. The molecule has 1 fully saturated rings. The molecule has 0 bridgehead atoms. The Morgan fingerprint density at radius 3 is 2.75 bits per heavy atom. The summed E-state index contributed by atoms with van der Waals surface area (Å²) in [6, 6.07) is 0. The van der Waals surface area contributed by atoms with Crippen molar-refractivity contribution in [2.75, 3.05) is 13.1 Å².